The maximum absolute atomic E-state index is 13.3. The minimum Gasteiger partial charge on any atom is -0.381 e. The fraction of sp³-hybridized carbons (Fsp3) is 0.939. The van der Waals surface area contributed by atoms with Gasteiger partial charge in [0.25, 0.3) is 0 Å². The molecule has 0 N–H and O–H groups in total. The number of halogens is 1. The van der Waals surface area contributed by atoms with Crippen LogP contribution in [0.5, 0.6) is 0 Å². The summed E-state index contributed by atoms with van der Waals surface area (Å²) in [6.45, 7) is 98.4. The lowest BCUT2D eigenvalue weighted by Crippen LogP contribution is -2.50. The second-order valence-corrected chi connectivity index (χ2v) is 55.0. The molecule has 0 aliphatic carbocycles. The van der Waals surface area contributed by atoms with Gasteiger partial charge < -0.3 is 48.8 Å². The van der Waals surface area contributed by atoms with Gasteiger partial charge in [0.15, 0.2) is 0 Å². The molecule has 14 heterocycles. The summed E-state index contributed by atoms with van der Waals surface area (Å²) in [5.74, 6) is 19.6. The molecule has 141 heavy (non-hydrogen) atoms. The van der Waals surface area contributed by atoms with Gasteiger partial charge in [0.1, 0.15) is 5.67 Å². The molecule has 26 heteroatoms. The van der Waals surface area contributed by atoms with Gasteiger partial charge in [-0.1, -0.05) is 61.8 Å². The number of alkyl halides is 1. The summed E-state index contributed by atoms with van der Waals surface area (Å²) < 4.78 is 65.3. The molecule has 14 rings (SSSR count). The van der Waals surface area contributed by atoms with Crippen molar-refractivity contribution in [2.75, 3.05) is 213 Å². The minimum atomic E-state index is -2.97. The number of hydrogen-bond acceptors (Lipinski definition) is 19. The Balaban J connectivity index is 0.00000150. The van der Waals surface area contributed by atoms with E-state index in [1.165, 1.54) is 212 Å². The third-order valence-corrected chi connectivity index (χ3v) is 36.2. The number of piperidine rings is 5. The van der Waals surface area contributed by atoms with Crippen molar-refractivity contribution in [1.29, 1.82) is 0 Å². The number of ether oxygens (including phenoxy) is 1. The average Bonchev–Trinajstić information content (AvgIpc) is 1.52. The number of likely N-dealkylation sites (tertiary alicyclic amines) is 9. The Labute approximate surface area is 876 Å². The van der Waals surface area contributed by atoms with Crippen molar-refractivity contribution in [2.45, 2.75) is 448 Å². The molecular weight excluding hydrogens is 1820 g/mol. The molecule has 14 saturated heterocycles. The first-order valence-corrected chi connectivity index (χ1v) is 62.9. The van der Waals surface area contributed by atoms with Crippen LogP contribution in [0.25, 0.3) is 0 Å². The zero-order valence-corrected chi connectivity index (χ0v) is 100. The lowest BCUT2D eigenvalue weighted by Gasteiger charge is -2.36. The van der Waals surface area contributed by atoms with Gasteiger partial charge in [-0.3, -0.25) is 42.4 Å². The number of piperazine rings is 2. The van der Waals surface area contributed by atoms with Crippen LogP contribution in [-0.4, -0.2) is 406 Å². The second-order valence-electron chi connectivity index (χ2n) is 47.5. The van der Waals surface area contributed by atoms with Gasteiger partial charge in [-0.25, -0.2) is 12.8 Å². The largest absolute Gasteiger partial charge is 0.381 e. The first kappa shape index (κ1) is 139. The quantitative estimate of drug-likeness (QED) is 0.0859. The van der Waals surface area contributed by atoms with Gasteiger partial charge in [0.2, 0.25) is 27.7 Å². The summed E-state index contributed by atoms with van der Waals surface area (Å²) in [7, 11) is -4.12. The number of carbonyl (C=O) groups is 3. The predicted octanol–water partition coefficient (Wildman–Crippen LogP) is 20.2. The molecule has 0 saturated carbocycles. The molecule has 1 atom stereocenters. The predicted molar refractivity (Wildman–Crippen MR) is 615 cm³/mol. The van der Waals surface area contributed by atoms with Crippen molar-refractivity contribution >= 4 is 58.5 Å². The van der Waals surface area contributed by atoms with E-state index in [0.29, 0.717) is 80.8 Å². The van der Waals surface area contributed by atoms with E-state index < -0.39 is 34.7 Å². The van der Waals surface area contributed by atoms with Crippen LogP contribution in [0.4, 0.5) is 4.39 Å². The van der Waals surface area contributed by atoms with Crippen molar-refractivity contribution in [3.63, 3.8) is 0 Å². The molecule has 0 aromatic heterocycles. The lowest BCUT2D eigenvalue weighted by molar-refractivity contribution is -0.140. The molecule has 22 nitrogen and oxygen atoms in total. The van der Waals surface area contributed by atoms with Gasteiger partial charge in [0, 0.05) is 226 Å². The highest BCUT2D eigenvalue weighted by molar-refractivity contribution is 8.00. The monoisotopic (exact) mass is 2060 g/mol. The van der Waals surface area contributed by atoms with Crippen molar-refractivity contribution in [3.05, 3.63) is 0 Å². The first-order chi connectivity index (χ1) is 65.3. The topological polar surface area (TPSA) is 174 Å². The molecule has 14 aliphatic heterocycles. The van der Waals surface area contributed by atoms with Crippen molar-refractivity contribution in [1.82, 2.24) is 68.0 Å². The van der Waals surface area contributed by atoms with Crippen LogP contribution < -0.4 is 0 Å². The Morgan fingerprint density at radius 2 is 0.667 bits per heavy atom. The van der Waals surface area contributed by atoms with E-state index >= 15 is 0 Å². The number of nitrogens with zero attached hydrogens (tertiary/aromatic N) is 14. The molecular formula is C115H235FN14O8S3. The third kappa shape index (κ3) is 62.9. The number of rotatable bonds is 15. The summed E-state index contributed by atoms with van der Waals surface area (Å²) in [6.07, 6.45) is 33.4. The molecule has 14 aliphatic rings. The van der Waals surface area contributed by atoms with E-state index in [0.717, 1.165) is 179 Å². The number of likely N-dealkylation sites (N-methyl/N-ethyl adjacent to an activating group) is 1. The summed E-state index contributed by atoms with van der Waals surface area (Å²) in [4.78, 5) is 63.2. The molecule has 838 valence electrons. The van der Waals surface area contributed by atoms with E-state index in [1.54, 1.807) is 11.2 Å². The van der Waals surface area contributed by atoms with Crippen LogP contribution in [-0.2, 0) is 48.2 Å². The minimum absolute atomic E-state index is 0. The summed E-state index contributed by atoms with van der Waals surface area (Å²) in [5, 5.41) is 0. The van der Waals surface area contributed by atoms with E-state index in [-0.39, 0.29) is 25.3 Å². The van der Waals surface area contributed by atoms with Crippen LogP contribution in [0.1, 0.15) is 370 Å². The molecule has 14 fully saturated rings. The van der Waals surface area contributed by atoms with E-state index in [1.807, 2.05) is 18.7 Å². The molecule has 0 aromatic carbocycles. The number of amides is 3. The fourth-order valence-corrected chi connectivity index (χ4v) is 23.6. The highest BCUT2D eigenvalue weighted by atomic mass is 32.2. The fourth-order valence-electron chi connectivity index (χ4n) is 19.8. The maximum atomic E-state index is 13.3. The Bertz CT molecular complexity index is 3340. The highest BCUT2D eigenvalue weighted by Crippen LogP contribution is 2.29. The number of hydrogen-bond donors (Lipinski definition) is 0. The zero-order valence-electron chi connectivity index (χ0n) is 97.8. The Morgan fingerprint density at radius 3 is 0.943 bits per heavy atom. The SMILES string of the molecule is C.C#CC1CCN(C(C)C)CC1.C=S1(=O)CCC(C(C)C)CC1.C=S1(=O)CCN(C(C)C)CC1.CC(C)C1CCOCC1.CC(C)N1C(=O)CCC1=O.CC(C)N1CCC(C)(F)CC1.CC(C)N1CCCC1.CC(C)N1CCCC1=O.CC(C)N1CCCCC1.CC(C)N1CCCCC1.CC(C)N1CCN(C)CC1.CC(C)N1CCN(S(C)(=O)=O)CC1.CC(C)N1CC[C@H](C)C1.CC1CCN(C(C)C)CC1. The lowest BCUT2D eigenvalue weighted by atomic mass is 9.89. The van der Waals surface area contributed by atoms with Crippen molar-refractivity contribution < 1.29 is 40.3 Å². The average molecular weight is 2060 g/mol. The molecule has 0 spiro atoms. The van der Waals surface area contributed by atoms with Crippen LogP contribution in [0, 0.1) is 53.8 Å². The van der Waals surface area contributed by atoms with Gasteiger partial charge >= 0.3 is 0 Å². The van der Waals surface area contributed by atoms with Gasteiger partial charge in [-0.05, 0) is 434 Å². The smallest absolute Gasteiger partial charge is 0.229 e. The van der Waals surface area contributed by atoms with Crippen LogP contribution >= 0.6 is 0 Å². The van der Waals surface area contributed by atoms with Gasteiger partial charge in [-0.15, -0.1) is 12.3 Å². The molecule has 0 radical (unpaired) electrons. The van der Waals surface area contributed by atoms with Crippen molar-refractivity contribution in [2.24, 2.45) is 41.4 Å². The van der Waals surface area contributed by atoms with Crippen LogP contribution in [0.2, 0.25) is 0 Å². The number of carbonyl (C=O) groups excluding carboxylic acids is 3. The standard InChI is InChI=1S/C10H17N.C9H18FN.C9H19N.C9H18OS.C8H18N2O2S.C8H18N2.C8H17NOS.3C8H17N.C8H16O.C7H11NO2.C7H13NO.C7H15N.CH4/c1-4-10-5-7-11(8-6-10)9(2)3;1-8(2)11-6-4-9(3,10)5-7-11;1-8(2)10-6-4-9(3)5-7-10;1-8(2)9-4-6-11(3,10)7-5-9;1-8(2)9-4-6-10(7-5-9)13(3,11)12;1-8(2)10-6-4-9(3)5-7-10;1-8(2)9-4-6-11(3,10)7-5-9;1-7(2)9-5-4-8(3)6-9;2*1-8(2)9-6-4-3-5-7-9;1-7(2)8-3-5-9-6-4-8;1-5(2)8-6(9)3-4-7(8)10;1-6(2)8-5-3-4-7(8)9;1-7(2)8-5-3-4-6-8;/h1,9-10H,5-8H2,2-3H3;8H,4-7H2,1-3H3;8-9H,4-7H2,1-3H3;8-9H,3-7H2,1-2H3;8H,4-7H2,1-3H3;8H,4-7H2,1-3H3;8H,3-7H2,1-2H3;7-8H,4-6H2,1-3H3;2*8H,3-7H2,1-2H3;7-8H,3-6H2,1-2H3;5H,3-4H2,1-2H3;6H,3-5H2,1-2H3;7H,3-6H2,1-2H3;1H4/t;;;;;;;8-;;;;;;;/m.......0......./s1. The number of terminal acetylenes is 1. The summed E-state index contributed by atoms with van der Waals surface area (Å²) in [6, 6.07) is 7.36. The van der Waals surface area contributed by atoms with Gasteiger partial charge in [-0.2, -0.15) is 4.31 Å². The molecule has 0 bridgehead atoms. The Morgan fingerprint density at radius 1 is 0.362 bits per heavy atom. The van der Waals surface area contributed by atoms with E-state index in [9.17, 15) is 35.6 Å². The molecule has 3 amide bonds. The maximum Gasteiger partial charge on any atom is 0.229 e. The first-order valence-electron chi connectivity index (χ1n) is 56.9. The number of imide groups is 1. The highest BCUT2D eigenvalue weighted by Gasteiger charge is 2.34. The number of sulfonamides is 1. The second kappa shape index (κ2) is 74.5. The van der Waals surface area contributed by atoms with E-state index in [2.05, 4.69) is 272 Å². The van der Waals surface area contributed by atoms with E-state index in [4.69, 9.17) is 11.2 Å². The van der Waals surface area contributed by atoms with Crippen molar-refractivity contribution in [3.8, 4) is 12.3 Å². The van der Waals surface area contributed by atoms with Crippen LogP contribution in [0.3, 0.4) is 0 Å². The normalized spacial score (nSPS) is 24.5. The zero-order chi connectivity index (χ0) is 106. The summed E-state index contributed by atoms with van der Waals surface area (Å²) >= 11 is 0. The molecule has 0 unspecified atom stereocenters. The Hall–Kier alpha value is -2.43. The van der Waals surface area contributed by atoms with Gasteiger partial charge in [0.05, 0.1) is 6.26 Å². The van der Waals surface area contributed by atoms with Crippen LogP contribution in [0.15, 0.2) is 0 Å². The molecule has 0 aromatic rings. The summed E-state index contributed by atoms with van der Waals surface area (Å²) in [5.41, 5.74) is -0.897. The third-order valence-electron chi connectivity index (χ3n) is 31.1. The Kier molecular flexibility index (Phi) is 73.2.